The quantitative estimate of drug-likeness (QED) is 0.666. The topological polar surface area (TPSA) is 96.5 Å². The number of carbonyl (C=O) groups excluding carboxylic acids is 1. The minimum absolute atomic E-state index is 0.241. The van der Waals surface area contributed by atoms with Gasteiger partial charge in [0.05, 0.1) is 5.56 Å². The van der Waals surface area contributed by atoms with Crippen LogP contribution in [0, 0.1) is 17.2 Å². The van der Waals surface area contributed by atoms with Crippen molar-refractivity contribution in [1.82, 2.24) is 19.7 Å². The number of pyridine rings is 1. The molecule has 0 spiro atoms. The van der Waals surface area contributed by atoms with Crippen molar-refractivity contribution in [3.63, 3.8) is 0 Å². The summed E-state index contributed by atoms with van der Waals surface area (Å²) < 4.78 is 2.19. The molecule has 3 heterocycles. The predicted octanol–water partition coefficient (Wildman–Crippen LogP) is 3.74. The molecule has 4 rings (SSSR count). The predicted molar refractivity (Wildman–Crippen MR) is 105 cm³/mol. The molecule has 9 heteroatoms. The van der Waals surface area contributed by atoms with Gasteiger partial charge in [-0.25, -0.2) is 4.98 Å². The lowest BCUT2D eigenvalue weighted by Crippen LogP contribution is -2.15. The van der Waals surface area contributed by atoms with Crippen molar-refractivity contribution in [3.8, 4) is 11.9 Å². The summed E-state index contributed by atoms with van der Waals surface area (Å²) >= 11 is 4.88. The second-order valence-corrected chi connectivity index (χ2v) is 8.45. The summed E-state index contributed by atoms with van der Waals surface area (Å²) in [6, 6.07) is 5.78. The highest BCUT2D eigenvalue weighted by atomic mass is 79.9. The van der Waals surface area contributed by atoms with Gasteiger partial charge in [-0.05, 0) is 58.8 Å². The number of aromatic nitrogens is 4. The monoisotopic (exact) mass is 442 g/mol. The Bertz CT molecular complexity index is 1050. The van der Waals surface area contributed by atoms with Gasteiger partial charge in [-0.1, -0.05) is 6.92 Å². The van der Waals surface area contributed by atoms with Crippen LogP contribution in [0.1, 0.15) is 39.8 Å². The van der Waals surface area contributed by atoms with Gasteiger partial charge >= 0.3 is 0 Å². The van der Waals surface area contributed by atoms with E-state index in [1.54, 1.807) is 16.7 Å². The summed E-state index contributed by atoms with van der Waals surface area (Å²) in [5.41, 5.74) is 1.91. The zero-order valence-corrected chi connectivity index (χ0v) is 16.8. The summed E-state index contributed by atoms with van der Waals surface area (Å²) in [6.45, 7) is 2.21. The van der Waals surface area contributed by atoms with Crippen LogP contribution in [-0.2, 0) is 12.8 Å². The van der Waals surface area contributed by atoms with Crippen molar-refractivity contribution in [2.45, 2.75) is 26.2 Å². The van der Waals surface area contributed by atoms with Crippen molar-refractivity contribution in [3.05, 3.63) is 51.0 Å². The molecular weight excluding hydrogens is 428 g/mol. The van der Waals surface area contributed by atoms with Crippen LogP contribution >= 0.6 is 27.3 Å². The first kappa shape index (κ1) is 17.8. The number of hydrogen-bond donors (Lipinski definition) is 1. The van der Waals surface area contributed by atoms with Gasteiger partial charge in [0.25, 0.3) is 5.91 Å². The van der Waals surface area contributed by atoms with E-state index in [-0.39, 0.29) is 11.6 Å². The van der Waals surface area contributed by atoms with E-state index < -0.39 is 0 Å². The van der Waals surface area contributed by atoms with E-state index in [0.29, 0.717) is 26.8 Å². The van der Waals surface area contributed by atoms with E-state index in [1.807, 2.05) is 0 Å². The molecule has 0 fully saturated rings. The number of anilines is 1. The minimum Gasteiger partial charge on any atom is -0.311 e. The zero-order valence-electron chi connectivity index (χ0n) is 14.4. The van der Waals surface area contributed by atoms with Crippen molar-refractivity contribution < 1.29 is 4.79 Å². The summed E-state index contributed by atoms with van der Waals surface area (Å²) in [5, 5.41) is 20.6. The van der Waals surface area contributed by atoms with Crippen LogP contribution in [0.2, 0.25) is 0 Å². The number of amides is 1. The van der Waals surface area contributed by atoms with Crippen molar-refractivity contribution in [2.75, 3.05) is 5.32 Å². The van der Waals surface area contributed by atoms with E-state index in [2.05, 4.69) is 49.4 Å². The largest absolute Gasteiger partial charge is 0.311 e. The van der Waals surface area contributed by atoms with Crippen LogP contribution in [-0.4, -0.2) is 25.7 Å². The molecule has 1 amide bonds. The lowest BCUT2D eigenvalue weighted by Gasteiger charge is -2.17. The van der Waals surface area contributed by atoms with Gasteiger partial charge < -0.3 is 5.32 Å². The van der Waals surface area contributed by atoms with Gasteiger partial charge in [0, 0.05) is 9.35 Å². The van der Waals surface area contributed by atoms with E-state index in [9.17, 15) is 10.1 Å². The smallest absolute Gasteiger partial charge is 0.276 e. The fraction of sp³-hybridized carbons (Fsp3) is 0.278. The van der Waals surface area contributed by atoms with Crippen molar-refractivity contribution in [2.24, 2.45) is 5.92 Å². The van der Waals surface area contributed by atoms with Crippen LogP contribution in [0.3, 0.4) is 0 Å². The number of nitrogens with one attached hydrogen (secondary N) is 1. The summed E-state index contributed by atoms with van der Waals surface area (Å²) in [7, 11) is 0. The Morgan fingerprint density at radius 2 is 2.19 bits per heavy atom. The first-order valence-electron chi connectivity index (χ1n) is 8.44. The minimum atomic E-state index is -0.361. The molecule has 1 atom stereocenters. The third-order valence-corrected chi connectivity index (χ3v) is 6.39. The number of hydrogen-bond acceptors (Lipinski definition) is 6. The average Bonchev–Trinajstić information content (AvgIpc) is 3.29. The average molecular weight is 443 g/mol. The molecule has 3 aromatic heterocycles. The first-order valence-corrected chi connectivity index (χ1v) is 10.0. The molecule has 0 bridgehead atoms. The number of rotatable bonds is 3. The Balaban J connectivity index is 1.66. The van der Waals surface area contributed by atoms with Crippen LogP contribution in [0.25, 0.3) is 5.82 Å². The zero-order chi connectivity index (χ0) is 19.0. The molecule has 3 aromatic rings. The standard InChI is InChI=1S/C18H15BrN6OS/c1-10-2-3-11-12(7-20)18(27-14(11)6-10)24-17(26)16-13(19)4-5-15(23-16)25-8-21-22-9-25/h4-5,8-10H,2-3,6H2,1H3,(H,24,26)/t10-/m0/s1. The molecule has 0 radical (unpaired) electrons. The highest BCUT2D eigenvalue weighted by Crippen LogP contribution is 2.39. The fourth-order valence-electron chi connectivity index (χ4n) is 3.17. The molecule has 1 N–H and O–H groups in total. The molecule has 0 aromatic carbocycles. The summed E-state index contributed by atoms with van der Waals surface area (Å²) in [6.07, 6.45) is 5.94. The Morgan fingerprint density at radius 1 is 1.41 bits per heavy atom. The molecule has 0 saturated heterocycles. The highest BCUT2D eigenvalue weighted by molar-refractivity contribution is 9.10. The lowest BCUT2D eigenvalue weighted by atomic mass is 9.89. The Labute approximate surface area is 168 Å². The molecule has 1 aliphatic rings. The maximum atomic E-state index is 12.9. The molecule has 0 unspecified atom stereocenters. The highest BCUT2D eigenvalue weighted by Gasteiger charge is 2.25. The molecule has 27 heavy (non-hydrogen) atoms. The third-order valence-electron chi connectivity index (χ3n) is 4.58. The van der Waals surface area contributed by atoms with Gasteiger partial charge in [-0.2, -0.15) is 5.26 Å². The Hall–Kier alpha value is -2.57. The lowest BCUT2D eigenvalue weighted by molar-refractivity contribution is 0.102. The number of halogens is 1. The first-order chi connectivity index (χ1) is 13.1. The van der Waals surface area contributed by atoms with Crippen LogP contribution < -0.4 is 5.32 Å². The van der Waals surface area contributed by atoms with Crippen LogP contribution in [0.4, 0.5) is 5.00 Å². The number of fused-ring (bicyclic) bond motifs is 1. The number of thiophene rings is 1. The van der Waals surface area contributed by atoms with Crippen LogP contribution in [0.5, 0.6) is 0 Å². The van der Waals surface area contributed by atoms with Gasteiger partial charge in [-0.3, -0.25) is 9.36 Å². The Morgan fingerprint density at radius 3 is 2.93 bits per heavy atom. The molecule has 1 aliphatic carbocycles. The van der Waals surface area contributed by atoms with Gasteiger partial charge in [-0.15, -0.1) is 21.5 Å². The number of nitrogens with zero attached hydrogens (tertiary/aromatic N) is 5. The molecule has 136 valence electrons. The van der Waals surface area contributed by atoms with Crippen LogP contribution in [0.15, 0.2) is 29.3 Å². The SMILES string of the molecule is C[C@H]1CCc2c(sc(NC(=O)c3nc(-n4cnnc4)ccc3Br)c2C#N)C1. The van der Waals surface area contributed by atoms with Gasteiger partial charge in [0.1, 0.15) is 35.2 Å². The molecular formula is C18H15BrN6OS. The van der Waals surface area contributed by atoms with E-state index in [4.69, 9.17) is 0 Å². The van der Waals surface area contributed by atoms with Gasteiger partial charge in [0.2, 0.25) is 0 Å². The number of carbonyl (C=O) groups is 1. The Kier molecular flexibility index (Phi) is 4.76. The van der Waals surface area contributed by atoms with E-state index in [1.165, 1.54) is 28.9 Å². The number of nitriles is 1. The maximum Gasteiger partial charge on any atom is 0.276 e. The molecule has 0 aliphatic heterocycles. The summed E-state index contributed by atoms with van der Waals surface area (Å²) in [4.78, 5) is 18.5. The third kappa shape index (κ3) is 3.38. The van der Waals surface area contributed by atoms with E-state index >= 15 is 0 Å². The van der Waals surface area contributed by atoms with Crippen molar-refractivity contribution >= 4 is 38.2 Å². The second kappa shape index (κ2) is 7.21. The van der Waals surface area contributed by atoms with Gasteiger partial charge in [0.15, 0.2) is 0 Å². The molecule has 0 saturated carbocycles. The molecule has 7 nitrogen and oxygen atoms in total. The fourth-order valence-corrected chi connectivity index (χ4v) is 4.93. The van der Waals surface area contributed by atoms with E-state index in [0.717, 1.165) is 24.8 Å². The normalized spacial score (nSPS) is 15.8. The summed E-state index contributed by atoms with van der Waals surface area (Å²) in [5.74, 6) is 0.774. The second-order valence-electron chi connectivity index (χ2n) is 6.49. The maximum absolute atomic E-state index is 12.9. The van der Waals surface area contributed by atoms with Crippen molar-refractivity contribution in [1.29, 1.82) is 5.26 Å².